The van der Waals surface area contributed by atoms with Gasteiger partial charge in [-0.3, -0.25) is 10.1 Å². The van der Waals surface area contributed by atoms with Crippen molar-refractivity contribution < 1.29 is 18.4 Å². The van der Waals surface area contributed by atoms with E-state index in [0.717, 1.165) is 5.56 Å². The molecule has 0 saturated carbocycles. The molecular weight excluding hydrogens is 425 g/mol. The minimum absolute atomic E-state index is 0.0846. The van der Waals surface area contributed by atoms with E-state index in [1.165, 1.54) is 23.1 Å². The number of nitrogens with one attached hydrogen (secondary N) is 1. The van der Waals surface area contributed by atoms with Gasteiger partial charge in [-0.25, -0.2) is 14.1 Å². The Hall–Kier alpha value is -3.72. The lowest BCUT2D eigenvalue weighted by atomic mass is 10.2. The van der Waals surface area contributed by atoms with E-state index in [1.54, 1.807) is 43.3 Å². The molecule has 158 valence electrons. The average Bonchev–Trinajstić information content (AvgIpc) is 3.35. The first-order chi connectivity index (χ1) is 15.0. The molecule has 2 heterocycles. The van der Waals surface area contributed by atoms with Gasteiger partial charge in [0.25, 0.3) is 5.91 Å². The molecule has 0 atom stereocenters. The maximum absolute atomic E-state index is 13.0. The minimum Gasteiger partial charge on any atom is -0.489 e. The summed E-state index contributed by atoms with van der Waals surface area (Å²) in [6.07, 6.45) is 1.47. The standard InChI is InChI=1S/C21H17ClFN5O3/c1-13-18(11-30-17-8-4-15(22)5-9-17)19(27-31-13)20(29)25-21-24-12-28(26-21)10-14-2-6-16(23)7-3-14/h2-9,12H,10-11H2,1H3,(H,25,26,29). The van der Waals surface area contributed by atoms with Crippen molar-refractivity contribution in [3.8, 4) is 5.75 Å². The predicted molar refractivity (Wildman–Crippen MR) is 111 cm³/mol. The number of amides is 1. The first kappa shape index (κ1) is 20.5. The minimum atomic E-state index is -0.522. The predicted octanol–water partition coefficient (Wildman–Crippen LogP) is 4.25. The van der Waals surface area contributed by atoms with Crippen molar-refractivity contribution in [3.63, 3.8) is 0 Å². The summed E-state index contributed by atoms with van der Waals surface area (Å²) >= 11 is 5.87. The summed E-state index contributed by atoms with van der Waals surface area (Å²) in [4.78, 5) is 16.7. The largest absolute Gasteiger partial charge is 0.489 e. The summed E-state index contributed by atoms with van der Waals surface area (Å²) in [5.41, 5.74) is 1.44. The number of carbonyl (C=O) groups excluding carboxylic acids is 1. The van der Waals surface area contributed by atoms with E-state index < -0.39 is 5.91 Å². The molecule has 31 heavy (non-hydrogen) atoms. The summed E-state index contributed by atoms with van der Waals surface area (Å²) in [6, 6.07) is 12.9. The Kier molecular flexibility index (Phi) is 5.94. The number of hydrogen-bond acceptors (Lipinski definition) is 6. The highest BCUT2D eigenvalue weighted by Gasteiger charge is 2.21. The lowest BCUT2D eigenvalue weighted by Gasteiger charge is -2.06. The lowest BCUT2D eigenvalue weighted by molar-refractivity contribution is 0.101. The van der Waals surface area contributed by atoms with E-state index in [4.69, 9.17) is 20.9 Å². The smallest absolute Gasteiger partial charge is 0.280 e. The summed E-state index contributed by atoms with van der Waals surface area (Å²) in [5, 5.41) is 11.2. The highest BCUT2D eigenvalue weighted by molar-refractivity contribution is 6.30. The molecule has 2 aromatic heterocycles. The second-order valence-electron chi connectivity index (χ2n) is 6.65. The molecule has 0 fully saturated rings. The zero-order valence-electron chi connectivity index (χ0n) is 16.4. The molecule has 0 unspecified atom stereocenters. The van der Waals surface area contributed by atoms with Gasteiger partial charge < -0.3 is 9.26 Å². The Labute approximate surface area is 181 Å². The quantitative estimate of drug-likeness (QED) is 0.460. The van der Waals surface area contributed by atoms with Crippen LogP contribution < -0.4 is 10.1 Å². The molecule has 10 heteroatoms. The number of nitrogens with zero attached hydrogens (tertiary/aromatic N) is 4. The van der Waals surface area contributed by atoms with Crippen LogP contribution in [0.1, 0.15) is 27.4 Å². The molecule has 4 rings (SSSR count). The second-order valence-corrected chi connectivity index (χ2v) is 7.09. The third kappa shape index (κ3) is 5.07. The number of aryl methyl sites for hydroxylation is 1. The Balaban J connectivity index is 1.41. The van der Waals surface area contributed by atoms with E-state index in [9.17, 15) is 9.18 Å². The van der Waals surface area contributed by atoms with Crippen LogP contribution in [-0.4, -0.2) is 25.8 Å². The van der Waals surface area contributed by atoms with Crippen LogP contribution in [0.4, 0.5) is 10.3 Å². The fourth-order valence-corrected chi connectivity index (χ4v) is 2.92. The zero-order chi connectivity index (χ0) is 21.8. The fourth-order valence-electron chi connectivity index (χ4n) is 2.79. The van der Waals surface area contributed by atoms with Crippen LogP contribution in [0, 0.1) is 12.7 Å². The van der Waals surface area contributed by atoms with Crippen molar-refractivity contribution in [3.05, 3.63) is 88.3 Å². The maximum Gasteiger partial charge on any atom is 0.280 e. The van der Waals surface area contributed by atoms with Crippen LogP contribution in [-0.2, 0) is 13.2 Å². The number of aromatic nitrogens is 4. The van der Waals surface area contributed by atoms with Crippen molar-refractivity contribution in [2.24, 2.45) is 0 Å². The highest BCUT2D eigenvalue weighted by atomic mass is 35.5. The molecule has 1 N–H and O–H groups in total. The Morgan fingerprint density at radius 1 is 1.19 bits per heavy atom. The number of rotatable bonds is 7. The summed E-state index contributed by atoms with van der Waals surface area (Å²) in [6.45, 7) is 2.17. The van der Waals surface area contributed by atoms with Gasteiger partial charge in [-0.15, -0.1) is 5.10 Å². The summed E-state index contributed by atoms with van der Waals surface area (Å²) in [5.74, 6) is 0.337. The van der Waals surface area contributed by atoms with E-state index in [-0.39, 0.29) is 24.1 Å². The molecule has 0 radical (unpaired) electrons. The van der Waals surface area contributed by atoms with Gasteiger partial charge in [-0.2, -0.15) is 0 Å². The molecule has 1 amide bonds. The molecule has 0 aliphatic carbocycles. The monoisotopic (exact) mass is 441 g/mol. The Morgan fingerprint density at radius 2 is 1.94 bits per heavy atom. The van der Waals surface area contributed by atoms with Crippen LogP contribution in [0.15, 0.2) is 59.4 Å². The van der Waals surface area contributed by atoms with Crippen molar-refractivity contribution in [1.29, 1.82) is 0 Å². The van der Waals surface area contributed by atoms with Crippen molar-refractivity contribution >= 4 is 23.5 Å². The van der Waals surface area contributed by atoms with Crippen LogP contribution >= 0.6 is 11.6 Å². The number of anilines is 1. The summed E-state index contributed by atoms with van der Waals surface area (Å²) < 4.78 is 25.4. The van der Waals surface area contributed by atoms with Crippen LogP contribution in [0.3, 0.4) is 0 Å². The SMILES string of the molecule is Cc1onc(C(=O)Nc2ncn(Cc3ccc(F)cc3)n2)c1COc1ccc(Cl)cc1. The molecule has 0 spiro atoms. The van der Waals surface area contributed by atoms with Crippen LogP contribution in [0.25, 0.3) is 0 Å². The first-order valence-corrected chi connectivity index (χ1v) is 9.64. The van der Waals surface area contributed by atoms with Gasteiger partial charge in [0.15, 0.2) is 5.69 Å². The van der Waals surface area contributed by atoms with E-state index in [1.807, 2.05) is 0 Å². The molecule has 0 saturated heterocycles. The van der Waals surface area contributed by atoms with E-state index >= 15 is 0 Å². The molecule has 8 nitrogen and oxygen atoms in total. The van der Waals surface area contributed by atoms with E-state index in [2.05, 4.69) is 20.6 Å². The van der Waals surface area contributed by atoms with Crippen LogP contribution in [0.5, 0.6) is 5.75 Å². The second kappa shape index (κ2) is 8.97. The number of benzene rings is 2. The number of ether oxygens (including phenoxy) is 1. The Morgan fingerprint density at radius 3 is 2.68 bits per heavy atom. The van der Waals surface area contributed by atoms with Crippen molar-refractivity contribution in [2.75, 3.05) is 5.32 Å². The van der Waals surface area contributed by atoms with Gasteiger partial charge in [-0.05, 0) is 48.9 Å². The number of carbonyl (C=O) groups is 1. The lowest BCUT2D eigenvalue weighted by Crippen LogP contribution is -2.16. The zero-order valence-corrected chi connectivity index (χ0v) is 17.1. The Bertz CT molecular complexity index is 1190. The fraction of sp³-hybridized carbons (Fsp3) is 0.143. The van der Waals surface area contributed by atoms with Crippen molar-refractivity contribution in [1.82, 2.24) is 19.9 Å². The number of hydrogen-bond donors (Lipinski definition) is 1. The molecular formula is C21H17ClFN5O3. The molecule has 0 aliphatic rings. The third-order valence-corrected chi connectivity index (χ3v) is 4.67. The highest BCUT2D eigenvalue weighted by Crippen LogP contribution is 2.20. The maximum atomic E-state index is 13.0. The normalized spacial score (nSPS) is 10.8. The van der Waals surface area contributed by atoms with Gasteiger partial charge in [0.2, 0.25) is 5.95 Å². The van der Waals surface area contributed by atoms with Gasteiger partial charge in [0, 0.05) is 5.02 Å². The molecule has 0 bridgehead atoms. The van der Waals surface area contributed by atoms with Gasteiger partial charge >= 0.3 is 0 Å². The summed E-state index contributed by atoms with van der Waals surface area (Å²) in [7, 11) is 0. The molecule has 2 aromatic carbocycles. The van der Waals surface area contributed by atoms with Crippen molar-refractivity contribution in [2.45, 2.75) is 20.1 Å². The third-order valence-electron chi connectivity index (χ3n) is 4.42. The van der Waals surface area contributed by atoms with Gasteiger partial charge in [0.1, 0.15) is 30.3 Å². The van der Waals surface area contributed by atoms with E-state index in [0.29, 0.717) is 28.6 Å². The van der Waals surface area contributed by atoms with Gasteiger partial charge in [0.05, 0.1) is 12.1 Å². The van der Waals surface area contributed by atoms with Crippen LogP contribution in [0.2, 0.25) is 5.02 Å². The first-order valence-electron chi connectivity index (χ1n) is 9.26. The topological polar surface area (TPSA) is 95.1 Å². The van der Waals surface area contributed by atoms with Gasteiger partial charge in [-0.1, -0.05) is 28.9 Å². The average molecular weight is 442 g/mol. The number of halogens is 2. The molecule has 4 aromatic rings. The molecule has 0 aliphatic heterocycles.